The van der Waals surface area contributed by atoms with Gasteiger partial charge in [0.15, 0.2) is 0 Å². The van der Waals surface area contributed by atoms with E-state index in [1.807, 2.05) is 0 Å². The van der Waals surface area contributed by atoms with Gasteiger partial charge in [0.05, 0.1) is 0 Å². The molecule has 0 aliphatic rings. The van der Waals surface area contributed by atoms with Crippen molar-refractivity contribution >= 4 is 5.90 Å². The van der Waals surface area contributed by atoms with Crippen molar-refractivity contribution < 1.29 is 4.84 Å². The zero-order chi connectivity index (χ0) is 4.99. The highest BCUT2D eigenvalue weighted by Gasteiger charge is 1.75. The summed E-state index contributed by atoms with van der Waals surface area (Å²) in [6.07, 6.45) is 0. The Morgan fingerprint density at radius 2 is 2.33 bits per heavy atom. The monoisotopic (exact) mass is 88.1 g/mol. The lowest BCUT2D eigenvalue weighted by molar-refractivity contribution is 0.317. The molecule has 0 aromatic rings. The first-order valence-corrected chi connectivity index (χ1v) is 1.61. The largest absolute Gasteiger partial charge is 0.397 e. The van der Waals surface area contributed by atoms with Gasteiger partial charge in [0.25, 0.3) is 0 Å². The lowest BCUT2D eigenvalue weighted by Gasteiger charge is -1.88. The molecule has 0 aromatic heterocycles. The first kappa shape index (κ1) is 5.43. The number of rotatable bonds is 0. The molecule has 36 valence electrons. The molecule has 0 aromatic carbocycles. The topological polar surface area (TPSA) is 47.6 Å². The molecule has 0 radical (unpaired) electrons. The second kappa shape index (κ2) is 2.66. The van der Waals surface area contributed by atoms with Gasteiger partial charge < -0.3 is 4.84 Å². The van der Waals surface area contributed by atoms with E-state index in [1.165, 1.54) is 0 Å². The molecule has 0 aliphatic carbocycles. The maximum Gasteiger partial charge on any atom is 0.205 e. The predicted octanol–water partition coefficient (Wildman–Crippen LogP) is -0.0751. The van der Waals surface area contributed by atoms with E-state index >= 15 is 0 Å². The quantitative estimate of drug-likeness (QED) is 0.256. The molecule has 2 N–H and O–H groups in total. The lowest BCUT2D eigenvalue weighted by atomic mass is 10.8. The fraction of sp³-hybridized carbons (Fsp3) is 0.667. The molecule has 0 spiro atoms. The molecule has 0 atom stereocenters. The van der Waals surface area contributed by atoms with Gasteiger partial charge in [0.2, 0.25) is 5.90 Å². The Morgan fingerprint density at radius 1 is 1.83 bits per heavy atom. The van der Waals surface area contributed by atoms with Gasteiger partial charge in [0, 0.05) is 14.0 Å². The Balaban J connectivity index is 3.22. The molecule has 0 saturated carbocycles. The Hall–Kier alpha value is -0.570. The van der Waals surface area contributed by atoms with Crippen LogP contribution in [0.25, 0.3) is 0 Å². The zero-order valence-corrected chi connectivity index (χ0v) is 3.93. The minimum Gasteiger partial charge on any atom is -0.397 e. The van der Waals surface area contributed by atoms with Gasteiger partial charge in [-0.3, -0.25) is 4.99 Å². The Kier molecular flexibility index (Phi) is 2.40. The van der Waals surface area contributed by atoms with Crippen LogP contribution in [0.15, 0.2) is 4.99 Å². The molecule has 6 heavy (non-hydrogen) atoms. The summed E-state index contributed by atoms with van der Waals surface area (Å²) in [7, 11) is 1.61. The van der Waals surface area contributed by atoms with Crippen LogP contribution in [-0.2, 0) is 4.84 Å². The Labute approximate surface area is 36.8 Å². The average Bonchev–Trinajstić information content (AvgIpc) is 1.65. The number of nitrogens with two attached hydrogens (primary N) is 1. The molecular weight excluding hydrogens is 80.0 g/mol. The Morgan fingerprint density at radius 3 is 2.33 bits per heavy atom. The van der Waals surface area contributed by atoms with Crippen molar-refractivity contribution in [3.8, 4) is 0 Å². The first-order valence-electron chi connectivity index (χ1n) is 1.61. The van der Waals surface area contributed by atoms with Crippen molar-refractivity contribution in [2.45, 2.75) is 6.92 Å². The summed E-state index contributed by atoms with van der Waals surface area (Å²) < 4.78 is 0. The van der Waals surface area contributed by atoms with E-state index in [4.69, 9.17) is 0 Å². The molecule has 0 heterocycles. The SMILES string of the molecule is C/N=C(/C)ON. The summed E-state index contributed by atoms with van der Waals surface area (Å²) in [5.41, 5.74) is 0. The maximum absolute atomic E-state index is 4.65. The van der Waals surface area contributed by atoms with Gasteiger partial charge in [-0.25, -0.2) is 0 Å². The van der Waals surface area contributed by atoms with Crippen molar-refractivity contribution in [2.75, 3.05) is 7.05 Å². The third-order valence-corrected chi connectivity index (χ3v) is 0.485. The van der Waals surface area contributed by atoms with Crippen LogP contribution in [0.1, 0.15) is 6.92 Å². The van der Waals surface area contributed by atoms with Crippen LogP contribution in [0.5, 0.6) is 0 Å². The predicted molar refractivity (Wildman–Crippen MR) is 24.3 cm³/mol. The van der Waals surface area contributed by atoms with Gasteiger partial charge in [-0.05, 0) is 0 Å². The maximum atomic E-state index is 4.65. The smallest absolute Gasteiger partial charge is 0.205 e. The van der Waals surface area contributed by atoms with E-state index in [0.29, 0.717) is 5.90 Å². The highest BCUT2D eigenvalue weighted by molar-refractivity contribution is 5.72. The van der Waals surface area contributed by atoms with Crippen molar-refractivity contribution in [3.05, 3.63) is 0 Å². The van der Waals surface area contributed by atoms with Crippen molar-refractivity contribution in [3.63, 3.8) is 0 Å². The minimum atomic E-state index is 0.495. The average molecular weight is 88.1 g/mol. The molecule has 0 amide bonds. The highest BCUT2D eigenvalue weighted by Crippen LogP contribution is 1.66. The first-order chi connectivity index (χ1) is 2.81. The van der Waals surface area contributed by atoms with Gasteiger partial charge in [-0.15, -0.1) is 0 Å². The fourth-order valence-electron chi connectivity index (χ4n) is 0.0527. The van der Waals surface area contributed by atoms with Gasteiger partial charge in [-0.2, -0.15) is 5.90 Å². The zero-order valence-electron chi connectivity index (χ0n) is 3.93. The third-order valence-electron chi connectivity index (χ3n) is 0.485. The molecule has 0 aliphatic heterocycles. The van der Waals surface area contributed by atoms with E-state index in [0.717, 1.165) is 0 Å². The minimum absolute atomic E-state index is 0.495. The van der Waals surface area contributed by atoms with E-state index in [-0.39, 0.29) is 0 Å². The molecule has 0 fully saturated rings. The van der Waals surface area contributed by atoms with Crippen LogP contribution < -0.4 is 5.90 Å². The number of hydrogen-bond donors (Lipinski definition) is 1. The summed E-state index contributed by atoms with van der Waals surface area (Å²) >= 11 is 0. The van der Waals surface area contributed by atoms with Gasteiger partial charge in [-0.1, -0.05) is 0 Å². The molecule has 3 heteroatoms. The van der Waals surface area contributed by atoms with Crippen LogP contribution >= 0.6 is 0 Å². The van der Waals surface area contributed by atoms with E-state index in [9.17, 15) is 0 Å². The van der Waals surface area contributed by atoms with Crippen molar-refractivity contribution in [1.82, 2.24) is 0 Å². The molecule has 0 unspecified atom stereocenters. The molecular formula is C3H8N2O. The van der Waals surface area contributed by atoms with Gasteiger partial charge >= 0.3 is 0 Å². The highest BCUT2D eigenvalue weighted by atomic mass is 16.6. The second-order valence-corrected chi connectivity index (χ2v) is 0.860. The van der Waals surface area contributed by atoms with Crippen LogP contribution in [0.2, 0.25) is 0 Å². The normalized spacial score (nSPS) is 11.5. The molecule has 0 saturated heterocycles. The molecule has 3 nitrogen and oxygen atoms in total. The number of aliphatic imine (C=N–C) groups is 1. The van der Waals surface area contributed by atoms with Crippen molar-refractivity contribution in [1.29, 1.82) is 0 Å². The van der Waals surface area contributed by atoms with E-state index in [2.05, 4.69) is 15.7 Å². The number of nitrogens with zero attached hydrogens (tertiary/aromatic N) is 1. The summed E-state index contributed by atoms with van der Waals surface area (Å²) in [6.45, 7) is 1.68. The van der Waals surface area contributed by atoms with Crippen LogP contribution in [0, 0.1) is 0 Å². The third kappa shape index (κ3) is 1.72. The van der Waals surface area contributed by atoms with E-state index in [1.54, 1.807) is 14.0 Å². The standard InChI is InChI=1S/C3H8N2O/c1-3(5-2)6-4/h4H2,1-2H3/b5-3-. The summed E-state index contributed by atoms with van der Waals surface area (Å²) in [6, 6.07) is 0. The summed E-state index contributed by atoms with van der Waals surface area (Å²) in [5, 5.41) is 0. The van der Waals surface area contributed by atoms with Crippen LogP contribution in [0.4, 0.5) is 0 Å². The fourth-order valence-corrected chi connectivity index (χ4v) is 0.0527. The number of hydrogen-bond acceptors (Lipinski definition) is 3. The molecule has 0 rings (SSSR count). The van der Waals surface area contributed by atoms with E-state index < -0.39 is 0 Å². The second-order valence-electron chi connectivity index (χ2n) is 0.860. The van der Waals surface area contributed by atoms with Crippen LogP contribution in [0.3, 0.4) is 0 Å². The summed E-state index contributed by atoms with van der Waals surface area (Å²) in [4.78, 5) is 7.73. The van der Waals surface area contributed by atoms with Crippen molar-refractivity contribution in [2.24, 2.45) is 10.9 Å². The Bertz CT molecular complexity index is 59.8. The van der Waals surface area contributed by atoms with Crippen LogP contribution in [-0.4, -0.2) is 12.9 Å². The lowest BCUT2D eigenvalue weighted by Crippen LogP contribution is -2.04. The molecule has 0 bridgehead atoms. The summed E-state index contributed by atoms with van der Waals surface area (Å²) in [5.74, 6) is 5.15. The van der Waals surface area contributed by atoms with Gasteiger partial charge in [0.1, 0.15) is 0 Å².